The van der Waals surface area contributed by atoms with Crippen LogP contribution < -0.4 is 16.0 Å². The van der Waals surface area contributed by atoms with Crippen molar-refractivity contribution in [1.82, 2.24) is 9.97 Å². The van der Waals surface area contributed by atoms with E-state index in [1.807, 2.05) is 24.3 Å². The maximum atomic E-state index is 11.1. The summed E-state index contributed by atoms with van der Waals surface area (Å²) in [7, 11) is 1.62. The molecule has 0 aliphatic carbocycles. The molecule has 1 aromatic heterocycles. The molecule has 0 saturated carbocycles. The Morgan fingerprint density at radius 2 is 2.32 bits per heavy atom. The van der Waals surface area contributed by atoms with Crippen LogP contribution in [0.4, 0.5) is 0 Å². The Morgan fingerprint density at radius 3 is 3.05 bits per heavy atom. The van der Waals surface area contributed by atoms with Gasteiger partial charge >= 0.3 is 0 Å². The minimum Gasteiger partial charge on any atom is -0.497 e. The first-order valence-corrected chi connectivity index (χ1v) is 6.75. The number of benzene rings is 1. The summed E-state index contributed by atoms with van der Waals surface area (Å²) in [6, 6.07) is 8.87. The molecule has 3 N–H and O–H groups in total. The fourth-order valence-electron chi connectivity index (χ4n) is 1.56. The quantitative estimate of drug-likeness (QED) is 0.640. The van der Waals surface area contributed by atoms with E-state index in [1.54, 1.807) is 7.11 Å². The number of rotatable bonds is 5. The van der Waals surface area contributed by atoms with Gasteiger partial charge in [0.25, 0.3) is 5.56 Å². The molecule has 1 aromatic carbocycles. The zero-order chi connectivity index (χ0) is 13.7. The van der Waals surface area contributed by atoms with E-state index in [2.05, 4.69) is 9.97 Å². The largest absolute Gasteiger partial charge is 0.497 e. The van der Waals surface area contributed by atoms with E-state index in [0.717, 1.165) is 11.3 Å². The highest BCUT2D eigenvalue weighted by molar-refractivity contribution is 7.99. The number of ether oxygens (including phenoxy) is 1. The van der Waals surface area contributed by atoms with Gasteiger partial charge in [-0.25, -0.2) is 4.98 Å². The molecule has 0 aliphatic heterocycles. The topological polar surface area (TPSA) is 81.0 Å². The molecule has 1 atom stereocenters. The zero-order valence-electron chi connectivity index (χ0n) is 10.5. The van der Waals surface area contributed by atoms with E-state index >= 15 is 0 Å². The SMILES string of the molecule is COc1cccc(C(N)CSc2nccc(=O)[nH]2)c1. The molecule has 0 bridgehead atoms. The van der Waals surface area contributed by atoms with Crippen molar-refractivity contribution < 1.29 is 4.74 Å². The van der Waals surface area contributed by atoms with Crippen LogP contribution in [0.1, 0.15) is 11.6 Å². The van der Waals surface area contributed by atoms with E-state index < -0.39 is 0 Å². The Balaban J connectivity index is 2.00. The maximum Gasteiger partial charge on any atom is 0.251 e. The standard InChI is InChI=1S/C13H15N3O2S/c1-18-10-4-2-3-9(7-10)11(14)8-19-13-15-6-5-12(17)16-13/h2-7,11H,8,14H2,1H3,(H,15,16,17). The number of nitrogens with one attached hydrogen (secondary N) is 1. The van der Waals surface area contributed by atoms with Gasteiger partial charge < -0.3 is 15.5 Å². The molecule has 1 heterocycles. The summed E-state index contributed by atoms with van der Waals surface area (Å²) in [6.07, 6.45) is 1.48. The van der Waals surface area contributed by atoms with Crippen LogP contribution in [-0.4, -0.2) is 22.8 Å². The summed E-state index contributed by atoms with van der Waals surface area (Å²) < 4.78 is 5.16. The average Bonchev–Trinajstić information content (AvgIpc) is 2.45. The first-order valence-electron chi connectivity index (χ1n) is 5.76. The lowest BCUT2D eigenvalue weighted by Gasteiger charge is -2.12. The van der Waals surface area contributed by atoms with Gasteiger partial charge in [-0.1, -0.05) is 23.9 Å². The lowest BCUT2D eigenvalue weighted by atomic mass is 10.1. The zero-order valence-corrected chi connectivity index (χ0v) is 11.3. The van der Waals surface area contributed by atoms with Crippen molar-refractivity contribution in [3.8, 4) is 5.75 Å². The highest BCUT2D eigenvalue weighted by Crippen LogP contribution is 2.22. The fourth-order valence-corrected chi connectivity index (χ4v) is 2.40. The van der Waals surface area contributed by atoms with Crippen LogP contribution in [0.3, 0.4) is 0 Å². The Kier molecular flexibility index (Phi) is 4.59. The first kappa shape index (κ1) is 13.6. The van der Waals surface area contributed by atoms with E-state index in [-0.39, 0.29) is 11.6 Å². The van der Waals surface area contributed by atoms with Crippen LogP contribution in [0.25, 0.3) is 0 Å². The molecule has 0 amide bonds. The molecule has 0 aliphatic rings. The second kappa shape index (κ2) is 6.40. The maximum absolute atomic E-state index is 11.1. The summed E-state index contributed by atoms with van der Waals surface area (Å²) in [5.74, 6) is 1.41. The van der Waals surface area contributed by atoms with Crippen molar-refractivity contribution in [2.75, 3.05) is 12.9 Å². The predicted octanol–water partition coefficient (Wildman–Crippen LogP) is 1.57. The van der Waals surface area contributed by atoms with Crippen molar-refractivity contribution >= 4 is 11.8 Å². The number of aromatic amines is 1. The van der Waals surface area contributed by atoms with Crippen LogP contribution in [-0.2, 0) is 0 Å². The first-order chi connectivity index (χ1) is 9.19. The lowest BCUT2D eigenvalue weighted by Crippen LogP contribution is -2.14. The molecule has 0 spiro atoms. The van der Waals surface area contributed by atoms with Crippen molar-refractivity contribution in [3.63, 3.8) is 0 Å². The highest BCUT2D eigenvalue weighted by atomic mass is 32.2. The second-order valence-corrected chi connectivity index (χ2v) is 4.94. The summed E-state index contributed by atoms with van der Waals surface area (Å²) in [5, 5.41) is 0.575. The van der Waals surface area contributed by atoms with Gasteiger partial charge in [0.15, 0.2) is 5.16 Å². The van der Waals surface area contributed by atoms with Gasteiger partial charge in [0, 0.05) is 24.1 Å². The Labute approximate surface area is 115 Å². The summed E-state index contributed by atoms with van der Waals surface area (Å²) in [4.78, 5) is 17.9. The van der Waals surface area contributed by atoms with Gasteiger partial charge in [0.1, 0.15) is 5.75 Å². The van der Waals surface area contributed by atoms with Gasteiger partial charge in [0.2, 0.25) is 0 Å². The second-order valence-electron chi connectivity index (χ2n) is 3.93. The Bertz CT molecular complexity index is 600. The molecule has 0 saturated heterocycles. The number of nitrogens with zero attached hydrogens (tertiary/aromatic N) is 1. The van der Waals surface area contributed by atoms with E-state index in [4.69, 9.17) is 10.5 Å². The third-order valence-corrected chi connectivity index (χ3v) is 3.58. The van der Waals surface area contributed by atoms with Crippen LogP contribution in [0, 0.1) is 0 Å². The number of aromatic nitrogens is 2. The van der Waals surface area contributed by atoms with Crippen LogP contribution >= 0.6 is 11.8 Å². The van der Waals surface area contributed by atoms with Gasteiger partial charge in [-0.05, 0) is 17.7 Å². The lowest BCUT2D eigenvalue weighted by molar-refractivity contribution is 0.414. The molecule has 100 valence electrons. The van der Waals surface area contributed by atoms with Gasteiger partial charge in [-0.2, -0.15) is 0 Å². The summed E-state index contributed by atoms with van der Waals surface area (Å²) in [5.41, 5.74) is 6.94. The molecular formula is C13H15N3O2S. The third kappa shape index (κ3) is 3.84. The average molecular weight is 277 g/mol. The Hall–Kier alpha value is -1.79. The highest BCUT2D eigenvalue weighted by Gasteiger charge is 2.08. The van der Waals surface area contributed by atoms with Crippen molar-refractivity contribution in [3.05, 3.63) is 52.4 Å². The molecule has 0 radical (unpaired) electrons. The molecule has 2 rings (SSSR count). The molecule has 6 heteroatoms. The van der Waals surface area contributed by atoms with E-state index in [1.165, 1.54) is 24.0 Å². The third-order valence-electron chi connectivity index (χ3n) is 2.57. The number of hydrogen-bond donors (Lipinski definition) is 2. The van der Waals surface area contributed by atoms with E-state index in [9.17, 15) is 4.79 Å². The van der Waals surface area contributed by atoms with Crippen LogP contribution in [0.5, 0.6) is 5.75 Å². The van der Waals surface area contributed by atoms with Crippen molar-refractivity contribution in [2.45, 2.75) is 11.2 Å². The number of methoxy groups -OCH3 is 1. The van der Waals surface area contributed by atoms with Crippen molar-refractivity contribution in [1.29, 1.82) is 0 Å². The van der Waals surface area contributed by atoms with E-state index in [0.29, 0.717) is 10.9 Å². The molecule has 1 unspecified atom stereocenters. The molecule has 19 heavy (non-hydrogen) atoms. The predicted molar refractivity (Wildman–Crippen MR) is 75.5 cm³/mol. The number of H-pyrrole nitrogens is 1. The van der Waals surface area contributed by atoms with Crippen LogP contribution in [0.15, 0.2) is 46.5 Å². The number of thioether (sulfide) groups is 1. The number of nitrogens with two attached hydrogens (primary N) is 1. The monoisotopic (exact) mass is 277 g/mol. The van der Waals surface area contributed by atoms with Gasteiger partial charge in [-0.3, -0.25) is 4.79 Å². The van der Waals surface area contributed by atoms with Gasteiger partial charge in [0.05, 0.1) is 7.11 Å². The molecule has 5 nitrogen and oxygen atoms in total. The smallest absolute Gasteiger partial charge is 0.251 e. The van der Waals surface area contributed by atoms with Gasteiger partial charge in [-0.15, -0.1) is 0 Å². The fraction of sp³-hybridized carbons (Fsp3) is 0.231. The molecular weight excluding hydrogens is 262 g/mol. The van der Waals surface area contributed by atoms with Crippen molar-refractivity contribution in [2.24, 2.45) is 5.73 Å². The molecule has 2 aromatic rings. The Morgan fingerprint density at radius 1 is 1.47 bits per heavy atom. The normalized spacial score (nSPS) is 12.1. The van der Waals surface area contributed by atoms with Crippen LogP contribution in [0.2, 0.25) is 0 Å². The molecule has 0 fully saturated rings. The summed E-state index contributed by atoms with van der Waals surface area (Å²) in [6.45, 7) is 0. The number of hydrogen-bond acceptors (Lipinski definition) is 5. The minimum atomic E-state index is -0.160. The summed E-state index contributed by atoms with van der Waals surface area (Å²) >= 11 is 1.42. The minimum absolute atomic E-state index is 0.148.